The molecule has 1 aromatic rings. The van der Waals surface area contributed by atoms with E-state index in [0.717, 1.165) is 5.56 Å². The Morgan fingerprint density at radius 3 is 2.50 bits per heavy atom. The summed E-state index contributed by atoms with van der Waals surface area (Å²) in [6.07, 6.45) is 0.496. The number of carboxylic acids is 1. The lowest BCUT2D eigenvalue weighted by atomic mass is 10.1. The van der Waals surface area contributed by atoms with Gasteiger partial charge >= 0.3 is 5.97 Å². The molecule has 0 aliphatic carbocycles. The fourth-order valence-electron chi connectivity index (χ4n) is 0.986. The number of quaternary nitrogens is 1. The molecule has 4 N–H and O–H groups in total. The molecular weight excluding hydrogens is 154 g/mol. The Hall–Kier alpha value is -1.35. The van der Waals surface area contributed by atoms with Crippen LogP contribution in [0.15, 0.2) is 30.3 Å². The fourth-order valence-corrected chi connectivity index (χ4v) is 0.986. The van der Waals surface area contributed by atoms with E-state index < -0.39 is 12.0 Å². The van der Waals surface area contributed by atoms with E-state index in [9.17, 15) is 4.79 Å². The average molecular weight is 166 g/mol. The van der Waals surface area contributed by atoms with Gasteiger partial charge in [0, 0.05) is 6.42 Å². The molecule has 1 unspecified atom stereocenters. The third-order valence-electron chi connectivity index (χ3n) is 1.67. The van der Waals surface area contributed by atoms with Crippen molar-refractivity contribution in [1.29, 1.82) is 0 Å². The lowest BCUT2D eigenvalue weighted by Crippen LogP contribution is -2.65. The highest BCUT2D eigenvalue weighted by atomic mass is 16.4. The molecule has 0 heterocycles. The first-order valence-corrected chi connectivity index (χ1v) is 3.80. The van der Waals surface area contributed by atoms with Crippen LogP contribution in [0.1, 0.15) is 5.56 Å². The standard InChI is InChI=1S/C9H11NO2/c10-8(9(11)12)6-7-4-2-1-3-5-7/h1-5,8H,6,10H2,(H,11,12)/p+1. The van der Waals surface area contributed by atoms with Crippen molar-refractivity contribution in [2.24, 2.45) is 0 Å². The second kappa shape index (κ2) is 3.88. The zero-order valence-corrected chi connectivity index (χ0v) is 6.73. The Kier molecular flexibility index (Phi) is 2.82. The van der Waals surface area contributed by atoms with E-state index in [-0.39, 0.29) is 0 Å². The molecule has 0 aromatic heterocycles. The Bertz CT molecular complexity index is 258. The Labute approximate surface area is 70.8 Å². The molecule has 0 aliphatic rings. The van der Waals surface area contributed by atoms with E-state index >= 15 is 0 Å². The maximum absolute atomic E-state index is 10.4. The van der Waals surface area contributed by atoms with Crippen LogP contribution < -0.4 is 5.73 Å². The maximum atomic E-state index is 10.4. The highest BCUT2D eigenvalue weighted by Gasteiger charge is 2.15. The zero-order chi connectivity index (χ0) is 8.97. The molecule has 3 heteroatoms. The van der Waals surface area contributed by atoms with Crippen LogP contribution >= 0.6 is 0 Å². The first-order valence-electron chi connectivity index (χ1n) is 3.80. The smallest absolute Gasteiger partial charge is 0.362 e. The predicted molar refractivity (Wildman–Crippen MR) is 44.5 cm³/mol. The summed E-state index contributed by atoms with van der Waals surface area (Å²) < 4.78 is 0. The van der Waals surface area contributed by atoms with Gasteiger partial charge in [-0.1, -0.05) is 30.3 Å². The van der Waals surface area contributed by atoms with Gasteiger partial charge in [-0.05, 0) is 5.56 Å². The summed E-state index contributed by atoms with van der Waals surface area (Å²) in [6, 6.07) is 8.95. The summed E-state index contributed by atoms with van der Waals surface area (Å²) in [7, 11) is 0. The number of hydrogen-bond donors (Lipinski definition) is 2. The highest BCUT2D eigenvalue weighted by Crippen LogP contribution is 2.00. The molecule has 3 nitrogen and oxygen atoms in total. The van der Waals surface area contributed by atoms with Crippen LogP contribution in [0.4, 0.5) is 0 Å². The molecule has 12 heavy (non-hydrogen) atoms. The van der Waals surface area contributed by atoms with Crippen molar-refractivity contribution in [3.8, 4) is 0 Å². The molecule has 1 aromatic carbocycles. The molecular formula is C9H12NO2+. The van der Waals surface area contributed by atoms with Crippen LogP contribution in [0.5, 0.6) is 0 Å². The topological polar surface area (TPSA) is 64.9 Å². The van der Waals surface area contributed by atoms with Gasteiger partial charge in [0.05, 0.1) is 0 Å². The van der Waals surface area contributed by atoms with Crippen LogP contribution in [0.3, 0.4) is 0 Å². The SMILES string of the molecule is [NH3+]C(Cc1ccccc1)C(=O)O. The van der Waals surface area contributed by atoms with Crippen molar-refractivity contribution in [1.82, 2.24) is 0 Å². The van der Waals surface area contributed by atoms with Crippen LogP contribution in [-0.2, 0) is 11.2 Å². The number of carbonyl (C=O) groups is 1. The van der Waals surface area contributed by atoms with Crippen LogP contribution in [0.25, 0.3) is 0 Å². The Balaban J connectivity index is 2.58. The molecule has 0 fully saturated rings. The highest BCUT2D eigenvalue weighted by molar-refractivity contribution is 5.71. The number of carboxylic acid groups (broad SMARTS) is 1. The van der Waals surface area contributed by atoms with Gasteiger partial charge in [0.25, 0.3) is 0 Å². The van der Waals surface area contributed by atoms with Gasteiger partial charge in [0.1, 0.15) is 0 Å². The van der Waals surface area contributed by atoms with E-state index in [0.29, 0.717) is 6.42 Å². The van der Waals surface area contributed by atoms with E-state index in [4.69, 9.17) is 5.11 Å². The monoisotopic (exact) mass is 166 g/mol. The van der Waals surface area contributed by atoms with Crippen molar-refractivity contribution < 1.29 is 15.6 Å². The third kappa shape index (κ3) is 2.36. The molecule has 64 valence electrons. The lowest BCUT2D eigenvalue weighted by Gasteiger charge is -2.02. The first kappa shape index (κ1) is 8.74. The summed E-state index contributed by atoms with van der Waals surface area (Å²) in [5, 5.41) is 8.58. The normalized spacial score (nSPS) is 12.4. The van der Waals surface area contributed by atoms with Crippen LogP contribution in [0, 0.1) is 0 Å². The van der Waals surface area contributed by atoms with Gasteiger partial charge in [0.2, 0.25) is 0 Å². The summed E-state index contributed by atoms with van der Waals surface area (Å²) >= 11 is 0. The molecule has 0 spiro atoms. The second-order valence-electron chi connectivity index (χ2n) is 2.72. The predicted octanol–water partition coefficient (Wildman–Crippen LogP) is -0.0758. The van der Waals surface area contributed by atoms with Crippen molar-refractivity contribution >= 4 is 5.97 Å². The van der Waals surface area contributed by atoms with E-state index in [2.05, 4.69) is 5.73 Å². The zero-order valence-electron chi connectivity index (χ0n) is 6.73. The summed E-state index contributed by atoms with van der Waals surface area (Å²) in [5.41, 5.74) is 4.55. The Morgan fingerprint density at radius 1 is 1.42 bits per heavy atom. The largest absolute Gasteiger partial charge is 0.477 e. The summed E-state index contributed by atoms with van der Waals surface area (Å²) in [6.45, 7) is 0. The first-order chi connectivity index (χ1) is 5.70. The number of benzene rings is 1. The lowest BCUT2D eigenvalue weighted by molar-refractivity contribution is -0.407. The van der Waals surface area contributed by atoms with Crippen molar-refractivity contribution in [3.05, 3.63) is 35.9 Å². The van der Waals surface area contributed by atoms with Gasteiger partial charge in [-0.2, -0.15) is 0 Å². The fraction of sp³-hybridized carbons (Fsp3) is 0.222. The van der Waals surface area contributed by atoms with Crippen LogP contribution in [0.2, 0.25) is 0 Å². The van der Waals surface area contributed by atoms with Gasteiger partial charge < -0.3 is 10.8 Å². The molecule has 0 saturated carbocycles. The van der Waals surface area contributed by atoms with Gasteiger partial charge in [-0.15, -0.1) is 0 Å². The van der Waals surface area contributed by atoms with Crippen molar-refractivity contribution in [3.63, 3.8) is 0 Å². The number of aliphatic carboxylic acids is 1. The van der Waals surface area contributed by atoms with Crippen molar-refractivity contribution in [2.45, 2.75) is 12.5 Å². The van der Waals surface area contributed by atoms with Crippen LogP contribution in [-0.4, -0.2) is 17.1 Å². The second-order valence-corrected chi connectivity index (χ2v) is 2.72. The minimum absolute atomic E-state index is 0.496. The molecule has 1 rings (SSSR count). The van der Waals surface area contributed by atoms with Gasteiger partial charge in [-0.3, -0.25) is 0 Å². The molecule has 0 aliphatic heterocycles. The van der Waals surface area contributed by atoms with E-state index in [1.165, 1.54) is 0 Å². The van der Waals surface area contributed by atoms with Gasteiger partial charge in [-0.25, -0.2) is 4.79 Å². The van der Waals surface area contributed by atoms with E-state index in [1.54, 1.807) is 0 Å². The minimum Gasteiger partial charge on any atom is -0.477 e. The summed E-state index contributed by atoms with van der Waals surface area (Å²) in [4.78, 5) is 10.4. The molecule has 0 radical (unpaired) electrons. The van der Waals surface area contributed by atoms with Crippen molar-refractivity contribution in [2.75, 3.05) is 0 Å². The molecule has 0 saturated heterocycles. The number of hydrogen-bond acceptors (Lipinski definition) is 1. The Morgan fingerprint density at radius 2 is 2.00 bits per heavy atom. The maximum Gasteiger partial charge on any atom is 0.362 e. The van der Waals surface area contributed by atoms with E-state index in [1.807, 2.05) is 30.3 Å². The summed E-state index contributed by atoms with van der Waals surface area (Å²) in [5.74, 6) is -0.848. The quantitative estimate of drug-likeness (QED) is 0.659. The van der Waals surface area contributed by atoms with Gasteiger partial charge in [0.15, 0.2) is 6.04 Å². The number of rotatable bonds is 3. The molecule has 0 bridgehead atoms. The minimum atomic E-state index is -0.848. The molecule has 0 amide bonds. The third-order valence-corrected chi connectivity index (χ3v) is 1.67. The average Bonchev–Trinajstić information content (AvgIpc) is 2.06. The molecule has 1 atom stereocenters.